The van der Waals surface area contributed by atoms with Gasteiger partial charge >= 0.3 is 0 Å². The zero-order valence-electron chi connectivity index (χ0n) is 16.8. The fourth-order valence-electron chi connectivity index (χ4n) is 2.84. The molecule has 2 aromatic carbocycles. The summed E-state index contributed by atoms with van der Waals surface area (Å²) in [6, 6.07) is 18.6. The Morgan fingerprint density at radius 3 is 2.58 bits per heavy atom. The number of nitrogens with one attached hydrogen (secondary N) is 1. The van der Waals surface area contributed by atoms with E-state index in [1.165, 1.54) is 10.2 Å². The molecule has 7 nitrogen and oxygen atoms in total. The first kappa shape index (κ1) is 20.6. The predicted octanol–water partition coefficient (Wildman–Crippen LogP) is 4.63. The Bertz CT molecular complexity index is 1160. The first-order valence-corrected chi connectivity index (χ1v) is 10.0. The van der Waals surface area contributed by atoms with Crippen molar-refractivity contribution < 1.29 is 9.53 Å². The molecule has 2 heterocycles. The van der Waals surface area contributed by atoms with E-state index in [1.807, 2.05) is 37.3 Å². The maximum absolute atomic E-state index is 12.9. The van der Waals surface area contributed by atoms with Crippen LogP contribution in [0.15, 0.2) is 73.1 Å². The number of ether oxygens (including phenoxy) is 1. The molecule has 0 amide bonds. The molecule has 0 aliphatic heterocycles. The number of carbonyl (C=O) groups excluding carboxylic acids is 1. The first-order valence-electron chi connectivity index (χ1n) is 9.67. The van der Waals surface area contributed by atoms with Crippen LogP contribution in [0.1, 0.15) is 15.9 Å². The van der Waals surface area contributed by atoms with Gasteiger partial charge in [-0.05, 0) is 48.9 Å². The van der Waals surface area contributed by atoms with Gasteiger partial charge in [0, 0.05) is 29.5 Å². The van der Waals surface area contributed by atoms with E-state index in [2.05, 4.69) is 20.4 Å². The van der Waals surface area contributed by atoms with Crippen LogP contribution >= 0.6 is 11.6 Å². The van der Waals surface area contributed by atoms with Gasteiger partial charge in [0.15, 0.2) is 12.4 Å². The third-order valence-corrected chi connectivity index (χ3v) is 4.76. The van der Waals surface area contributed by atoms with Crippen LogP contribution < -0.4 is 10.1 Å². The number of halogens is 1. The molecule has 0 fully saturated rings. The number of benzene rings is 2. The lowest BCUT2D eigenvalue weighted by atomic mass is 10.1. The molecule has 0 saturated heterocycles. The molecule has 0 saturated carbocycles. The summed E-state index contributed by atoms with van der Waals surface area (Å²) in [5, 5.41) is 8.18. The van der Waals surface area contributed by atoms with Crippen molar-refractivity contribution >= 4 is 23.5 Å². The van der Waals surface area contributed by atoms with Gasteiger partial charge in [-0.25, -0.2) is 0 Å². The highest BCUT2D eigenvalue weighted by Gasteiger charge is 2.18. The van der Waals surface area contributed by atoms with Crippen molar-refractivity contribution in [1.82, 2.24) is 19.7 Å². The van der Waals surface area contributed by atoms with Crippen LogP contribution in [0, 0.1) is 6.92 Å². The molecule has 2 aromatic heterocycles. The first-order chi connectivity index (χ1) is 15.1. The molecular formula is C23H20ClN5O2. The number of hydrogen-bond donors (Lipinski definition) is 1. The monoisotopic (exact) mass is 433 g/mol. The van der Waals surface area contributed by atoms with E-state index in [0.717, 1.165) is 5.56 Å². The van der Waals surface area contributed by atoms with Crippen molar-refractivity contribution in [1.29, 1.82) is 0 Å². The number of aromatic nitrogens is 4. The van der Waals surface area contributed by atoms with Crippen LogP contribution in [0.3, 0.4) is 0 Å². The topological polar surface area (TPSA) is 81.9 Å². The third kappa shape index (κ3) is 5.26. The van der Waals surface area contributed by atoms with Crippen molar-refractivity contribution in [2.24, 2.45) is 0 Å². The zero-order valence-corrected chi connectivity index (χ0v) is 17.6. The van der Waals surface area contributed by atoms with Crippen molar-refractivity contribution in [2.45, 2.75) is 13.5 Å². The molecule has 0 spiro atoms. The fraction of sp³-hybridized carbons (Fsp3) is 0.130. The van der Waals surface area contributed by atoms with Gasteiger partial charge in [0.05, 0.1) is 0 Å². The Labute approximate surface area is 184 Å². The van der Waals surface area contributed by atoms with Gasteiger partial charge < -0.3 is 10.1 Å². The van der Waals surface area contributed by atoms with Gasteiger partial charge in [-0.2, -0.15) is 9.67 Å². The number of aryl methyl sites for hydroxylation is 1. The highest BCUT2D eigenvalue weighted by atomic mass is 35.5. The second-order valence-corrected chi connectivity index (χ2v) is 7.32. The van der Waals surface area contributed by atoms with Crippen LogP contribution in [0.2, 0.25) is 5.02 Å². The minimum atomic E-state index is -0.357. The second kappa shape index (κ2) is 9.40. The van der Waals surface area contributed by atoms with Crippen molar-refractivity contribution in [3.05, 3.63) is 89.2 Å². The molecule has 31 heavy (non-hydrogen) atoms. The van der Waals surface area contributed by atoms with Crippen molar-refractivity contribution in [3.63, 3.8) is 0 Å². The lowest BCUT2D eigenvalue weighted by Crippen LogP contribution is -2.22. The molecule has 0 radical (unpaired) electrons. The number of nitrogens with zero attached hydrogens (tertiary/aromatic N) is 4. The predicted molar refractivity (Wildman–Crippen MR) is 119 cm³/mol. The van der Waals surface area contributed by atoms with Crippen LogP contribution in [0.25, 0.3) is 11.4 Å². The molecule has 0 aliphatic carbocycles. The Kier molecular flexibility index (Phi) is 6.24. The van der Waals surface area contributed by atoms with Crippen LogP contribution in [-0.2, 0) is 6.54 Å². The molecule has 0 aliphatic rings. The van der Waals surface area contributed by atoms with E-state index in [0.29, 0.717) is 34.7 Å². The van der Waals surface area contributed by atoms with Gasteiger partial charge in [-0.15, -0.1) is 5.10 Å². The minimum Gasteiger partial charge on any atom is -0.484 e. The van der Waals surface area contributed by atoms with E-state index in [-0.39, 0.29) is 12.5 Å². The number of carbonyl (C=O) groups is 1. The van der Waals surface area contributed by atoms with E-state index in [9.17, 15) is 4.79 Å². The SMILES string of the molecule is Cc1ccc(CNc2nc(-c3cccnc3)nn2C(=O)COc2ccc(Cl)cc2)cc1. The Balaban J connectivity index is 1.54. The zero-order chi connectivity index (χ0) is 21.6. The van der Waals surface area contributed by atoms with Crippen molar-refractivity contribution in [3.8, 4) is 17.1 Å². The second-order valence-electron chi connectivity index (χ2n) is 6.89. The lowest BCUT2D eigenvalue weighted by Gasteiger charge is -2.09. The molecule has 156 valence electrons. The molecule has 0 unspecified atom stereocenters. The summed E-state index contributed by atoms with van der Waals surface area (Å²) < 4.78 is 6.81. The highest BCUT2D eigenvalue weighted by Crippen LogP contribution is 2.19. The van der Waals surface area contributed by atoms with Crippen molar-refractivity contribution in [2.75, 3.05) is 11.9 Å². The van der Waals surface area contributed by atoms with E-state index in [4.69, 9.17) is 16.3 Å². The van der Waals surface area contributed by atoms with Gasteiger partial charge in [0.2, 0.25) is 5.95 Å². The smallest absolute Gasteiger partial charge is 0.287 e. The lowest BCUT2D eigenvalue weighted by molar-refractivity contribution is 0.0824. The molecule has 4 rings (SSSR count). The largest absolute Gasteiger partial charge is 0.484 e. The maximum Gasteiger partial charge on any atom is 0.287 e. The minimum absolute atomic E-state index is 0.198. The normalized spacial score (nSPS) is 10.6. The average molecular weight is 434 g/mol. The summed E-state index contributed by atoms with van der Waals surface area (Å²) in [6.07, 6.45) is 3.32. The number of anilines is 1. The van der Waals surface area contributed by atoms with Gasteiger partial charge in [-0.1, -0.05) is 41.4 Å². The van der Waals surface area contributed by atoms with E-state index in [1.54, 1.807) is 42.7 Å². The molecular weight excluding hydrogens is 414 g/mol. The molecule has 8 heteroatoms. The summed E-state index contributed by atoms with van der Waals surface area (Å²) in [4.78, 5) is 21.5. The fourth-order valence-corrected chi connectivity index (χ4v) is 2.97. The summed E-state index contributed by atoms with van der Waals surface area (Å²) >= 11 is 5.89. The quantitative estimate of drug-likeness (QED) is 0.457. The maximum atomic E-state index is 12.9. The van der Waals surface area contributed by atoms with Crippen LogP contribution in [-0.4, -0.2) is 32.3 Å². The van der Waals surface area contributed by atoms with E-state index >= 15 is 0 Å². The van der Waals surface area contributed by atoms with Gasteiger partial charge in [0.25, 0.3) is 5.91 Å². The molecule has 0 bridgehead atoms. The third-order valence-electron chi connectivity index (χ3n) is 4.51. The summed E-state index contributed by atoms with van der Waals surface area (Å²) in [6.45, 7) is 2.33. The molecule has 0 atom stereocenters. The number of rotatable bonds is 7. The van der Waals surface area contributed by atoms with Crippen LogP contribution in [0.4, 0.5) is 5.95 Å². The number of hydrogen-bond acceptors (Lipinski definition) is 6. The van der Waals surface area contributed by atoms with Gasteiger partial charge in [-0.3, -0.25) is 9.78 Å². The number of pyridine rings is 1. The summed E-state index contributed by atoms with van der Waals surface area (Å²) in [5.41, 5.74) is 2.96. The Morgan fingerprint density at radius 2 is 1.87 bits per heavy atom. The molecule has 1 N–H and O–H groups in total. The van der Waals surface area contributed by atoms with Gasteiger partial charge in [0.1, 0.15) is 5.75 Å². The summed E-state index contributed by atoms with van der Waals surface area (Å²) in [7, 11) is 0. The highest BCUT2D eigenvalue weighted by molar-refractivity contribution is 6.30. The standard InChI is InChI=1S/C23H20ClN5O2/c1-16-4-6-17(7-5-16)13-26-23-27-22(18-3-2-12-25-14-18)28-29(23)21(30)15-31-20-10-8-19(24)9-11-20/h2-12,14H,13,15H2,1H3,(H,26,27,28). The van der Waals surface area contributed by atoms with E-state index < -0.39 is 0 Å². The Morgan fingerprint density at radius 1 is 1.10 bits per heavy atom. The Hall–Kier alpha value is -3.71. The summed E-state index contributed by atoms with van der Waals surface area (Å²) in [5.74, 6) is 0.923. The average Bonchev–Trinajstić information content (AvgIpc) is 3.23. The van der Waals surface area contributed by atoms with Crippen LogP contribution in [0.5, 0.6) is 5.75 Å². The molecule has 4 aromatic rings.